The van der Waals surface area contributed by atoms with Crippen LogP contribution in [-0.2, 0) is 4.74 Å². The fourth-order valence-corrected chi connectivity index (χ4v) is 7.62. The number of aromatic nitrogens is 2. The van der Waals surface area contributed by atoms with E-state index in [1.165, 1.54) is 0 Å². The van der Waals surface area contributed by atoms with Crippen LogP contribution in [-0.4, -0.2) is 30.5 Å². The Morgan fingerprint density at radius 3 is 2.67 bits per heavy atom. The summed E-state index contributed by atoms with van der Waals surface area (Å²) in [5.41, 5.74) is 1.65. The standard InChI is InChI=1S/C21H32N2O3Si/c1-15(24)20-16-13-23(19-9-7-8-12-25-19)22-17(16)10-11-18(20)26-27(5,6)14-21(2,3)4/h10-11,13,19H,7-9,12,14H2,1-6H3. The predicted octanol–water partition coefficient (Wildman–Crippen LogP) is 5.57. The van der Waals surface area contributed by atoms with E-state index in [1.807, 2.05) is 23.0 Å². The Morgan fingerprint density at radius 1 is 1.33 bits per heavy atom. The summed E-state index contributed by atoms with van der Waals surface area (Å²) in [5.74, 6) is 0.709. The largest absolute Gasteiger partial charge is 0.544 e. The van der Waals surface area contributed by atoms with Crippen molar-refractivity contribution < 1.29 is 14.0 Å². The molecule has 0 amide bonds. The maximum absolute atomic E-state index is 12.5. The van der Waals surface area contributed by atoms with Crippen molar-refractivity contribution >= 4 is 25.0 Å². The molecule has 6 heteroatoms. The van der Waals surface area contributed by atoms with Crippen molar-refractivity contribution in [2.75, 3.05) is 6.61 Å². The molecule has 1 aromatic heterocycles. The first-order valence-corrected chi connectivity index (χ1v) is 13.0. The number of Topliss-reactive ketones (excluding diaryl/α,β-unsaturated/α-hetero) is 1. The second-order valence-corrected chi connectivity index (χ2v) is 13.5. The number of carbonyl (C=O) groups excluding carboxylic acids is 1. The lowest BCUT2D eigenvalue weighted by Crippen LogP contribution is -2.38. The monoisotopic (exact) mass is 388 g/mol. The van der Waals surface area contributed by atoms with Gasteiger partial charge >= 0.3 is 0 Å². The molecule has 0 saturated carbocycles. The van der Waals surface area contributed by atoms with Crippen LogP contribution in [0.1, 0.15) is 63.5 Å². The van der Waals surface area contributed by atoms with Crippen LogP contribution in [0.5, 0.6) is 5.75 Å². The van der Waals surface area contributed by atoms with E-state index in [0.717, 1.165) is 42.8 Å². The highest BCUT2D eigenvalue weighted by atomic mass is 28.4. The number of hydrogen-bond acceptors (Lipinski definition) is 4. The van der Waals surface area contributed by atoms with Crippen LogP contribution in [0, 0.1) is 5.41 Å². The number of ketones is 1. The summed E-state index contributed by atoms with van der Waals surface area (Å²) in [6, 6.07) is 4.89. The molecule has 3 rings (SSSR count). The molecule has 2 aromatic rings. The fourth-order valence-electron chi connectivity index (χ4n) is 4.23. The van der Waals surface area contributed by atoms with E-state index in [9.17, 15) is 4.79 Å². The Kier molecular flexibility index (Phi) is 5.50. The molecule has 0 N–H and O–H groups in total. The van der Waals surface area contributed by atoms with Crippen molar-refractivity contribution in [3.05, 3.63) is 23.9 Å². The molecule has 5 nitrogen and oxygen atoms in total. The predicted molar refractivity (Wildman–Crippen MR) is 111 cm³/mol. The van der Waals surface area contributed by atoms with Crippen molar-refractivity contribution in [3.8, 4) is 5.75 Å². The van der Waals surface area contributed by atoms with Gasteiger partial charge in [0.15, 0.2) is 5.78 Å². The van der Waals surface area contributed by atoms with Gasteiger partial charge in [-0.2, -0.15) is 5.10 Å². The van der Waals surface area contributed by atoms with Crippen LogP contribution >= 0.6 is 0 Å². The molecule has 1 aliphatic heterocycles. The Labute approximate surface area is 163 Å². The van der Waals surface area contributed by atoms with Gasteiger partial charge in [-0.25, -0.2) is 4.68 Å². The number of hydrogen-bond donors (Lipinski definition) is 0. The van der Waals surface area contributed by atoms with Crippen LogP contribution < -0.4 is 4.43 Å². The summed E-state index contributed by atoms with van der Waals surface area (Å²) in [6.07, 6.45) is 5.11. The fraction of sp³-hybridized carbons (Fsp3) is 0.619. The highest BCUT2D eigenvalue weighted by molar-refractivity contribution is 6.72. The molecule has 1 unspecified atom stereocenters. The van der Waals surface area contributed by atoms with E-state index in [2.05, 4.69) is 39.0 Å². The molecule has 1 saturated heterocycles. The van der Waals surface area contributed by atoms with Gasteiger partial charge in [-0.3, -0.25) is 4.79 Å². The van der Waals surface area contributed by atoms with Crippen molar-refractivity contribution in [2.24, 2.45) is 5.41 Å². The third kappa shape index (κ3) is 4.79. The number of carbonyl (C=O) groups is 1. The first-order chi connectivity index (χ1) is 12.6. The zero-order chi connectivity index (χ0) is 19.8. The number of rotatable bonds is 5. The molecule has 148 valence electrons. The van der Waals surface area contributed by atoms with Gasteiger partial charge in [-0.15, -0.1) is 0 Å². The molecule has 0 aliphatic carbocycles. The smallest absolute Gasteiger partial charge is 0.245 e. The summed E-state index contributed by atoms with van der Waals surface area (Å²) in [6.45, 7) is 13.5. The number of benzene rings is 1. The average molecular weight is 389 g/mol. The Morgan fingerprint density at radius 2 is 2.07 bits per heavy atom. The van der Waals surface area contributed by atoms with E-state index in [-0.39, 0.29) is 17.4 Å². The molecule has 1 atom stereocenters. The van der Waals surface area contributed by atoms with Crippen molar-refractivity contribution in [3.63, 3.8) is 0 Å². The van der Waals surface area contributed by atoms with Crippen LogP contribution in [0.2, 0.25) is 19.1 Å². The van der Waals surface area contributed by atoms with Gasteiger partial charge in [-0.1, -0.05) is 20.8 Å². The maximum Gasteiger partial charge on any atom is 0.245 e. The molecule has 1 aliphatic rings. The molecular formula is C21H32N2O3Si. The van der Waals surface area contributed by atoms with Crippen molar-refractivity contribution in [1.29, 1.82) is 0 Å². The van der Waals surface area contributed by atoms with Crippen molar-refractivity contribution in [2.45, 2.75) is 72.3 Å². The van der Waals surface area contributed by atoms with Gasteiger partial charge in [0.25, 0.3) is 0 Å². The number of fused-ring (bicyclic) bond motifs is 1. The summed E-state index contributed by atoms with van der Waals surface area (Å²) in [7, 11) is -1.97. The lowest BCUT2D eigenvalue weighted by atomic mass is 10.0. The molecule has 0 radical (unpaired) electrons. The van der Waals surface area contributed by atoms with E-state index >= 15 is 0 Å². The zero-order valence-electron chi connectivity index (χ0n) is 17.5. The van der Waals surface area contributed by atoms with Crippen LogP contribution in [0.15, 0.2) is 18.3 Å². The minimum atomic E-state index is -1.97. The normalized spacial score (nSPS) is 18.7. The lowest BCUT2D eigenvalue weighted by molar-refractivity contribution is -0.0390. The molecular weight excluding hydrogens is 356 g/mol. The molecule has 1 aromatic carbocycles. The third-order valence-corrected chi connectivity index (χ3v) is 7.50. The van der Waals surface area contributed by atoms with Gasteiger partial charge in [0.05, 0.1) is 11.1 Å². The maximum atomic E-state index is 12.5. The topological polar surface area (TPSA) is 53.3 Å². The van der Waals surface area contributed by atoms with Gasteiger partial charge in [0.1, 0.15) is 12.0 Å². The summed E-state index contributed by atoms with van der Waals surface area (Å²) in [5, 5.41) is 5.53. The molecule has 1 fully saturated rings. The Hall–Kier alpha value is -1.66. The quantitative estimate of drug-likeness (QED) is 0.496. The second kappa shape index (κ2) is 7.39. The first kappa shape index (κ1) is 20.1. The summed E-state index contributed by atoms with van der Waals surface area (Å²) in [4.78, 5) is 12.5. The first-order valence-electron chi connectivity index (χ1n) is 9.89. The van der Waals surface area contributed by atoms with E-state index in [1.54, 1.807) is 6.92 Å². The molecule has 0 spiro atoms. The van der Waals surface area contributed by atoms with Gasteiger partial charge in [0, 0.05) is 18.2 Å². The van der Waals surface area contributed by atoms with Crippen LogP contribution in [0.4, 0.5) is 0 Å². The molecule has 2 heterocycles. The second-order valence-electron chi connectivity index (χ2n) is 9.46. The Bertz CT molecular complexity index is 830. The molecule has 27 heavy (non-hydrogen) atoms. The molecule has 0 bridgehead atoms. The van der Waals surface area contributed by atoms with Crippen LogP contribution in [0.3, 0.4) is 0 Å². The SMILES string of the molecule is CC(=O)c1c(O[Si](C)(C)CC(C)(C)C)ccc2nn(C3CCCCO3)cc12. The minimum absolute atomic E-state index is 0.0141. The minimum Gasteiger partial charge on any atom is -0.544 e. The van der Waals surface area contributed by atoms with Gasteiger partial charge < -0.3 is 9.16 Å². The average Bonchev–Trinajstić information content (AvgIpc) is 2.96. The highest BCUT2D eigenvalue weighted by Gasteiger charge is 2.32. The van der Waals surface area contributed by atoms with E-state index < -0.39 is 8.32 Å². The highest BCUT2D eigenvalue weighted by Crippen LogP contribution is 2.35. The third-order valence-electron chi connectivity index (χ3n) is 4.81. The van der Waals surface area contributed by atoms with Gasteiger partial charge in [0.2, 0.25) is 8.32 Å². The Balaban J connectivity index is 1.98. The summed E-state index contributed by atoms with van der Waals surface area (Å²) < 4.78 is 14.2. The van der Waals surface area contributed by atoms with Crippen LogP contribution in [0.25, 0.3) is 10.9 Å². The number of ether oxygens (including phenoxy) is 1. The number of nitrogens with zero attached hydrogens (tertiary/aromatic N) is 2. The van der Waals surface area contributed by atoms with Gasteiger partial charge in [-0.05, 0) is 62.9 Å². The zero-order valence-corrected chi connectivity index (χ0v) is 18.5. The van der Waals surface area contributed by atoms with Crippen molar-refractivity contribution in [1.82, 2.24) is 9.78 Å². The van der Waals surface area contributed by atoms with E-state index in [4.69, 9.17) is 9.16 Å². The summed E-state index contributed by atoms with van der Waals surface area (Å²) >= 11 is 0. The van der Waals surface area contributed by atoms with E-state index in [0.29, 0.717) is 11.3 Å². The lowest BCUT2D eigenvalue weighted by Gasteiger charge is -2.31.